The van der Waals surface area contributed by atoms with E-state index in [2.05, 4.69) is 11.9 Å². The van der Waals surface area contributed by atoms with Gasteiger partial charge in [-0.3, -0.25) is 4.98 Å². The number of fused-ring (bicyclic) bond motifs is 1. The molecule has 1 aromatic heterocycles. The Hall–Kier alpha value is -1.29. The second-order valence-electron chi connectivity index (χ2n) is 4.23. The number of nitrogens with two attached hydrogens (primary N) is 1. The highest BCUT2D eigenvalue weighted by molar-refractivity contribution is 7.99. The summed E-state index contributed by atoms with van der Waals surface area (Å²) in [6.07, 6.45) is 5.12. The molecule has 18 heavy (non-hydrogen) atoms. The largest absolute Gasteiger partial charge is 0.398 e. The van der Waals surface area contributed by atoms with E-state index in [9.17, 15) is 4.39 Å². The molecule has 0 radical (unpaired) electrons. The van der Waals surface area contributed by atoms with E-state index in [0.29, 0.717) is 16.1 Å². The van der Waals surface area contributed by atoms with Crippen LogP contribution < -0.4 is 5.73 Å². The standard InChI is InChI=1S/C14H17FN2S/c1-2-3-4-8-18-14-11(15)9-12(16)10-6-5-7-17-13(10)14/h5-7,9H,2-4,8,16H2,1H3. The zero-order valence-electron chi connectivity index (χ0n) is 10.4. The van der Waals surface area contributed by atoms with Gasteiger partial charge in [0.2, 0.25) is 0 Å². The van der Waals surface area contributed by atoms with Gasteiger partial charge in [0, 0.05) is 17.3 Å². The first-order chi connectivity index (χ1) is 8.74. The topological polar surface area (TPSA) is 38.9 Å². The van der Waals surface area contributed by atoms with Crippen molar-refractivity contribution in [3.05, 3.63) is 30.2 Å². The van der Waals surface area contributed by atoms with Crippen molar-refractivity contribution in [3.8, 4) is 0 Å². The number of pyridine rings is 1. The summed E-state index contributed by atoms with van der Waals surface area (Å²) in [6.45, 7) is 2.16. The minimum absolute atomic E-state index is 0.264. The van der Waals surface area contributed by atoms with Gasteiger partial charge in [-0.05, 0) is 30.4 Å². The van der Waals surface area contributed by atoms with Crippen molar-refractivity contribution in [2.75, 3.05) is 11.5 Å². The maximum Gasteiger partial charge on any atom is 0.141 e. The lowest BCUT2D eigenvalue weighted by Gasteiger charge is -2.09. The lowest BCUT2D eigenvalue weighted by atomic mass is 10.2. The molecule has 1 heterocycles. The monoisotopic (exact) mass is 264 g/mol. The van der Waals surface area contributed by atoms with Crippen LogP contribution in [0, 0.1) is 5.82 Å². The second-order valence-corrected chi connectivity index (χ2v) is 5.34. The van der Waals surface area contributed by atoms with Crippen LogP contribution in [0.5, 0.6) is 0 Å². The average Bonchev–Trinajstić information content (AvgIpc) is 2.38. The molecule has 0 unspecified atom stereocenters. The van der Waals surface area contributed by atoms with E-state index in [-0.39, 0.29) is 5.82 Å². The smallest absolute Gasteiger partial charge is 0.141 e. The summed E-state index contributed by atoms with van der Waals surface area (Å²) < 4.78 is 13.9. The van der Waals surface area contributed by atoms with Crippen LogP contribution in [-0.4, -0.2) is 10.7 Å². The van der Waals surface area contributed by atoms with Crippen molar-refractivity contribution in [1.29, 1.82) is 0 Å². The molecule has 0 saturated carbocycles. The Morgan fingerprint density at radius 1 is 1.39 bits per heavy atom. The van der Waals surface area contributed by atoms with E-state index in [1.165, 1.54) is 30.7 Å². The summed E-state index contributed by atoms with van der Waals surface area (Å²) in [5, 5.41) is 0.830. The van der Waals surface area contributed by atoms with Gasteiger partial charge in [-0.1, -0.05) is 19.8 Å². The van der Waals surface area contributed by atoms with Gasteiger partial charge in [0.25, 0.3) is 0 Å². The molecule has 0 aliphatic carbocycles. The van der Waals surface area contributed by atoms with Crippen molar-refractivity contribution in [3.63, 3.8) is 0 Å². The minimum Gasteiger partial charge on any atom is -0.398 e. The Labute approximate surface area is 111 Å². The first kappa shape index (κ1) is 13.1. The van der Waals surface area contributed by atoms with Gasteiger partial charge in [0.05, 0.1) is 10.4 Å². The number of thioether (sulfide) groups is 1. The van der Waals surface area contributed by atoms with Crippen LogP contribution in [0.4, 0.5) is 10.1 Å². The molecule has 0 spiro atoms. The fourth-order valence-corrected chi connectivity index (χ4v) is 2.92. The average molecular weight is 264 g/mol. The zero-order valence-corrected chi connectivity index (χ0v) is 11.3. The van der Waals surface area contributed by atoms with Gasteiger partial charge in [0.15, 0.2) is 0 Å². The van der Waals surface area contributed by atoms with Gasteiger partial charge in [-0.2, -0.15) is 0 Å². The van der Waals surface area contributed by atoms with Crippen molar-refractivity contribution in [1.82, 2.24) is 4.98 Å². The fraction of sp³-hybridized carbons (Fsp3) is 0.357. The molecule has 4 heteroatoms. The van der Waals surface area contributed by atoms with E-state index in [1.54, 1.807) is 6.20 Å². The number of hydrogen-bond donors (Lipinski definition) is 1. The molecule has 0 saturated heterocycles. The fourth-order valence-electron chi connectivity index (χ4n) is 1.88. The van der Waals surface area contributed by atoms with Gasteiger partial charge < -0.3 is 5.73 Å². The van der Waals surface area contributed by atoms with Crippen LogP contribution in [0.15, 0.2) is 29.3 Å². The highest BCUT2D eigenvalue weighted by Crippen LogP contribution is 2.33. The Morgan fingerprint density at radius 2 is 2.22 bits per heavy atom. The molecule has 2 N–H and O–H groups in total. The normalized spacial score (nSPS) is 11.0. The number of anilines is 1. The van der Waals surface area contributed by atoms with Crippen LogP contribution in [0.3, 0.4) is 0 Å². The van der Waals surface area contributed by atoms with Crippen LogP contribution in [-0.2, 0) is 0 Å². The molecule has 0 fully saturated rings. The summed E-state index contributed by atoms with van der Waals surface area (Å²) in [5.41, 5.74) is 6.94. The van der Waals surface area contributed by atoms with E-state index in [0.717, 1.165) is 17.6 Å². The van der Waals surface area contributed by atoms with Crippen LogP contribution in [0.2, 0.25) is 0 Å². The Morgan fingerprint density at radius 3 is 3.00 bits per heavy atom. The summed E-state index contributed by atoms with van der Waals surface area (Å²) >= 11 is 1.53. The SMILES string of the molecule is CCCCCSc1c(F)cc(N)c2cccnc12. The quantitative estimate of drug-likeness (QED) is 0.499. The molecular formula is C14H17FN2S. The summed E-state index contributed by atoms with van der Waals surface area (Å²) in [4.78, 5) is 4.88. The highest BCUT2D eigenvalue weighted by Gasteiger charge is 2.11. The maximum absolute atomic E-state index is 13.9. The summed E-state index contributed by atoms with van der Waals surface area (Å²) in [6, 6.07) is 5.10. The Balaban J connectivity index is 2.31. The number of nitrogens with zero attached hydrogens (tertiary/aromatic N) is 1. The molecule has 96 valence electrons. The second kappa shape index (κ2) is 6.05. The van der Waals surface area contributed by atoms with Crippen molar-refractivity contribution < 1.29 is 4.39 Å². The van der Waals surface area contributed by atoms with Crippen molar-refractivity contribution >= 4 is 28.4 Å². The lowest BCUT2D eigenvalue weighted by Crippen LogP contribution is -1.94. The lowest BCUT2D eigenvalue weighted by molar-refractivity contribution is 0.605. The summed E-state index contributed by atoms with van der Waals surface area (Å²) in [5.74, 6) is 0.653. The van der Waals surface area contributed by atoms with Crippen molar-refractivity contribution in [2.24, 2.45) is 0 Å². The molecule has 0 aliphatic heterocycles. The predicted molar refractivity (Wildman–Crippen MR) is 76.4 cm³/mol. The first-order valence-corrected chi connectivity index (χ1v) is 7.18. The predicted octanol–water partition coefficient (Wildman–Crippen LogP) is 4.24. The maximum atomic E-state index is 13.9. The summed E-state index contributed by atoms with van der Waals surface area (Å²) in [7, 11) is 0. The molecule has 2 aromatic rings. The molecule has 1 aromatic carbocycles. The number of rotatable bonds is 5. The van der Waals surface area contributed by atoms with E-state index >= 15 is 0 Å². The van der Waals surface area contributed by atoms with Gasteiger partial charge in [-0.25, -0.2) is 4.39 Å². The van der Waals surface area contributed by atoms with Gasteiger partial charge >= 0.3 is 0 Å². The molecule has 2 rings (SSSR count). The number of aromatic nitrogens is 1. The van der Waals surface area contributed by atoms with E-state index in [4.69, 9.17) is 5.73 Å². The van der Waals surface area contributed by atoms with E-state index in [1.807, 2.05) is 12.1 Å². The Kier molecular flexibility index (Phi) is 4.42. The van der Waals surface area contributed by atoms with Crippen LogP contribution in [0.25, 0.3) is 10.9 Å². The molecule has 2 nitrogen and oxygen atoms in total. The highest BCUT2D eigenvalue weighted by atomic mass is 32.2. The number of hydrogen-bond acceptors (Lipinski definition) is 3. The first-order valence-electron chi connectivity index (χ1n) is 6.19. The van der Waals surface area contributed by atoms with Gasteiger partial charge in [-0.15, -0.1) is 11.8 Å². The van der Waals surface area contributed by atoms with Crippen LogP contribution in [0.1, 0.15) is 26.2 Å². The minimum atomic E-state index is -0.264. The molecule has 0 aliphatic rings. The third kappa shape index (κ3) is 2.75. The molecular weight excluding hydrogens is 247 g/mol. The Bertz CT molecular complexity index is 543. The van der Waals surface area contributed by atoms with Crippen molar-refractivity contribution in [2.45, 2.75) is 31.1 Å². The number of nitrogen functional groups attached to an aromatic ring is 1. The van der Waals surface area contributed by atoms with Gasteiger partial charge in [0.1, 0.15) is 5.82 Å². The molecule has 0 atom stereocenters. The van der Waals surface area contributed by atoms with E-state index < -0.39 is 0 Å². The third-order valence-electron chi connectivity index (χ3n) is 2.83. The number of halogens is 1. The number of unbranched alkanes of at least 4 members (excludes halogenated alkanes) is 2. The molecule has 0 bridgehead atoms. The van der Waals surface area contributed by atoms with Crippen LogP contribution >= 0.6 is 11.8 Å². The third-order valence-corrected chi connectivity index (χ3v) is 4.00. The number of benzene rings is 1. The zero-order chi connectivity index (χ0) is 13.0. The molecule has 0 amide bonds.